The van der Waals surface area contributed by atoms with E-state index in [1.54, 1.807) is 11.0 Å². The van der Waals surface area contributed by atoms with Gasteiger partial charge >= 0.3 is 6.03 Å². The van der Waals surface area contributed by atoms with Crippen LogP contribution in [0.25, 0.3) is 0 Å². The monoisotopic (exact) mass is 552 g/mol. The zero-order valence-electron chi connectivity index (χ0n) is 23.3. The van der Waals surface area contributed by atoms with E-state index in [0.717, 1.165) is 50.5 Å². The topological polar surface area (TPSA) is 49.1 Å². The second kappa shape index (κ2) is 11.6. The molecule has 2 aromatic rings. The van der Waals surface area contributed by atoms with Crippen molar-refractivity contribution >= 4 is 17.6 Å². The van der Waals surface area contributed by atoms with E-state index in [0.29, 0.717) is 17.6 Å². The Morgan fingerprint density at radius 3 is 2.59 bits per heavy atom. The van der Waals surface area contributed by atoms with E-state index < -0.39 is 5.54 Å². The van der Waals surface area contributed by atoms with E-state index in [9.17, 15) is 9.18 Å². The Morgan fingerprint density at radius 1 is 1.10 bits per heavy atom. The molecule has 39 heavy (non-hydrogen) atoms. The molecule has 2 N–H and O–H groups in total. The van der Waals surface area contributed by atoms with Gasteiger partial charge in [-0.25, -0.2) is 9.18 Å². The van der Waals surface area contributed by atoms with E-state index in [1.165, 1.54) is 55.4 Å². The fourth-order valence-corrected chi connectivity index (χ4v) is 7.26. The number of carbonyl (C=O) groups is 1. The maximum absolute atomic E-state index is 14.3. The van der Waals surface area contributed by atoms with Crippen molar-refractivity contribution in [1.29, 1.82) is 0 Å². The van der Waals surface area contributed by atoms with Gasteiger partial charge in [-0.1, -0.05) is 50.5 Å². The first-order valence-electron chi connectivity index (χ1n) is 14.8. The summed E-state index contributed by atoms with van der Waals surface area (Å²) < 4.78 is 14.3. The summed E-state index contributed by atoms with van der Waals surface area (Å²) in [6, 6.07) is 16.1. The van der Waals surface area contributed by atoms with Crippen molar-refractivity contribution in [3.05, 3.63) is 65.5 Å². The van der Waals surface area contributed by atoms with Gasteiger partial charge < -0.3 is 17.3 Å². The Kier molecular flexibility index (Phi) is 8.34. The zero-order valence-corrected chi connectivity index (χ0v) is 24.0. The van der Waals surface area contributed by atoms with E-state index in [-0.39, 0.29) is 30.3 Å². The van der Waals surface area contributed by atoms with Crippen LogP contribution in [0.15, 0.2) is 53.5 Å². The highest BCUT2D eigenvalue weighted by molar-refractivity contribution is 6.19. The molecule has 4 aliphatic rings. The molecular formula is C32H42ClFN4O. The van der Waals surface area contributed by atoms with Crippen LogP contribution in [0, 0.1) is 11.7 Å². The van der Waals surface area contributed by atoms with Crippen LogP contribution in [-0.2, 0) is 6.54 Å². The number of carbonyl (C=O) groups excluding carboxylic acids is 1. The smallest absolute Gasteiger partial charge is 0.328 e. The number of nitrogens with zero attached hydrogens (tertiary/aromatic N) is 2. The Morgan fingerprint density at radius 2 is 1.87 bits per heavy atom. The van der Waals surface area contributed by atoms with Gasteiger partial charge in [0.2, 0.25) is 0 Å². The quantitative estimate of drug-likeness (QED) is 0.569. The molecule has 0 bridgehead atoms. The van der Waals surface area contributed by atoms with Gasteiger partial charge in [0.05, 0.1) is 18.6 Å². The lowest BCUT2D eigenvalue weighted by molar-refractivity contribution is -0.942. The molecule has 7 heteroatoms. The molecule has 2 aliphatic carbocycles. The molecule has 2 heterocycles. The number of hydrogen-bond donors (Lipinski definition) is 2. The average molecular weight is 553 g/mol. The van der Waals surface area contributed by atoms with Crippen LogP contribution in [0.4, 0.5) is 14.9 Å². The van der Waals surface area contributed by atoms with Crippen molar-refractivity contribution in [2.45, 2.75) is 102 Å². The molecule has 0 aromatic heterocycles. The number of amides is 2. The van der Waals surface area contributed by atoms with Crippen molar-refractivity contribution in [2.24, 2.45) is 10.9 Å². The number of rotatable bonds is 6. The van der Waals surface area contributed by atoms with Gasteiger partial charge in [0.25, 0.3) is 0 Å². The van der Waals surface area contributed by atoms with Crippen LogP contribution in [0.5, 0.6) is 0 Å². The molecule has 1 spiro atoms. The number of hydrogen-bond acceptors (Lipinski definition) is 2. The van der Waals surface area contributed by atoms with E-state index in [4.69, 9.17) is 4.99 Å². The fraction of sp³-hybridized carbons (Fsp3) is 0.562. The van der Waals surface area contributed by atoms with Crippen LogP contribution in [0.1, 0.15) is 88.7 Å². The van der Waals surface area contributed by atoms with E-state index in [1.807, 2.05) is 11.0 Å². The molecule has 5 nitrogen and oxygen atoms in total. The average Bonchev–Trinajstić information content (AvgIpc) is 3.73. The number of likely N-dealkylation sites (tertiary alicyclic amines) is 1. The highest BCUT2D eigenvalue weighted by Crippen LogP contribution is 2.42. The van der Waals surface area contributed by atoms with E-state index in [2.05, 4.69) is 43.4 Å². The van der Waals surface area contributed by atoms with Crippen LogP contribution in [-0.4, -0.2) is 36.0 Å². The van der Waals surface area contributed by atoms with Crippen molar-refractivity contribution < 1.29 is 26.5 Å². The number of urea groups is 1. The summed E-state index contributed by atoms with van der Waals surface area (Å²) in [5, 5.41) is 3.16. The molecule has 2 aliphatic heterocycles. The number of piperidine rings is 1. The van der Waals surface area contributed by atoms with Crippen LogP contribution < -0.4 is 27.5 Å². The lowest BCUT2D eigenvalue weighted by Crippen LogP contribution is -3.16. The van der Waals surface area contributed by atoms with Gasteiger partial charge in [0.1, 0.15) is 23.7 Å². The molecule has 2 saturated carbocycles. The zero-order chi connectivity index (χ0) is 26.3. The number of anilines is 1. The summed E-state index contributed by atoms with van der Waals surface area (Å²) in [5.74, 6) is 1.99. The van der Waals surface area contributed by atoms with Gasteiger partial charge in [-0.3, -0.25) is 15.2 Å². The lowest BCUT2D eigenvalue weighted by atomic mass is 9.81. The number of amidine groups is 1. The van der Waals surface area contributed by atoms with Crippen LogP contribution in [0.3, 0.4) is 0 Å². The highest BCUT2D eigenvalue weighted by atomic mass is 35.5. The molecule has 210 valence electrons. The molecule has 0 radical (unpaired) electrons. The van der Waals surface area contributed by atoms with Crippen LogP contribution in [0.2, 0.25) is 0 Å². The molecule has 2 saturated heterocycles. The Labute approximate surface area is 238 Å². The molecule has 6 rings (SSSR count). The van der Waals surface area contributed by atoms with Crippen molar-refractivity contribution in [1.82, 2.24) is 5.32 Å². The largest absolute Gasteiger partial charge is 1.00 e. The molecule has 2 amide bonds. The Balaban J connectivity index is 0.00000308. The fourth-order valence-electron chi connectivity index (χ4n) is 7.26. The third-order valence-corrected chi connectivity index (χ3v) is 9.69. The normalized spacial score (nSPS) is 29.4. The van der Waals surface area contributed by atoms with E-state index >= 15 is 0 Å². The first kappa shape index (κ1) is 28.1. The minimum atomic E-state index is -0.548. The summed E-state index contributed by atoms with van der Waals surface area (Å²) in [4.78, 5) is 22.0. The van der Waals surface area contributed by atoms with Gasteiger partial charge in [-0.05, 0) is 74.3 Å². The highest BCUT2D eigenvalue weighted by Gasteiger charge is 2.56. The number of halogens is 2. The SMILES string of the molecule is C[C@H](c1cccc(C[NH+]2CC[C@@]3(C[C@@H]2C)C(=NC2CCCCC2)NC(=O)N3c2cccc(F)c2)c1)C1CC1.[Cl-]. The minimum absolute atomic E-state index is 0. The van der Waals surface area contributed by atoms with Crippen LogP contribution >= 0.6 is 0 Å². The lowest BCUT2D eigenvalue weighted by Gasteiger charge is -2.45. The summed E-state index contributed by atoms with van der Waals surface area (Å²) in [7, 11) is 0. The third-order valence-electron chi connectivity index (χ3n) is 9.69. The number of aliphatic imine (C=N–C) groups is 1. The molecular weight excluding hydrogens is 511 g/mol. The third kappa shape index (κ3) is 5.74. The Bertz CT molecular complexity index is 1210. The molecule has 4 atom stereocenters. The van der Waals surface area contributed by atoms with Gasteiger partial charge in [0.15, 0.2) is 0 Å². The Hall–Kier alpha value is -2.44. The first-order valence-corrected chi connectivity index (χ1v) is 14.8. The number of nitrogens with one attached hydrogen (secondary N) is 2. The second-order valence-corrected chi connectivity index (χ2v) is 12.4. The maximum atomic E-state index is 14.3. The molecule has 4 fully saturated rings. The number of benzene rings is 2. The van der Waals surface area contributed by atoms with Gasteiger partial charge in [-0.15, -0.1) is 0 Å². The summed E-state index contributed by atoms with van der Waals surface area (Å²) in [5.41, 5.74) is 2.93. The van der Waals surface area contributed by atoms with Crippen molar-refractivity contribution in [2.75, 3.05) is 11.4 Å². The van der Waals surface area contributed by atoms with Crippen molar-refractivity contribution in [3.63, 3.8) is 0 Å². The standard InChI is InChI=1S/C32H41FN4O.ClH/c1-22-20-32(16-17-36(22)21-24-8-6-9-26(18-24)23(2)25-14-15-25)30(34-28-11-4-3-5-12-28)35-31(38)37(32)29-13-7-10-27(33)19-29;/h6-10,13,18-19,22-23,25,28H,3-5,11-12,14-17,20-21H2,1-2H3,(H,34,35,38);1H/t22-,23-,32+;/m0./s1. The summed E-state index contributed by atoms with van der Waals surface area (Å²) >= 11 is 0. The number of quaternary nitrogens is 1. The predicted molar refractivity (Wildman–Crippen MR) is 150 cm³/mol. The van der Waals surface area contributed by atoms with Gasteiger partial charge in [0, 0.05) is 24.1 Å². The van der Waals surface area contributed by atoms with Crippen molar-refractivity contribution in [3.8, 4) is 0 Å². The summed E-state index contributed by atoms with van der Waals surface area (Å²) in [6.45, 7) is 6.60. The first-order chi connectivity index (χ1) is 18.4. The molecule has 1 unspecified atom stereocenters. The molecule has 2 aromatic carbocycles. The summed E-state index contributed by atoms with van der Waals surface area (Å²) in [6.07, 6.45) is 10.2. The second-order valence-electron chi connectivity index (χ2n) is 12.4. The predicted octanol–water partition coefficient (Wildman–Crippen LogP) is 2.61. The maximum Gasteiger partial charge on any atom is 0.328 e. The minimum Gasteiger partial charge on any atom is -1.00 e. The van der Waals surface area contributed by atoms with Gasteiger partial charge in [-0.2, -0.15) is 0 Å².